The van der Waals surface area contributed by atoms with E-state index in [9.17, 15) is 9.90 Å². The maximum absolute atomic E-state index is 11.1. The van der Waals surface area contributed by atoms with Crippen molar-refractivity contribution in [3.63, 3.8) is 0 Å². The van der Waals surface area contributed by atoms with E-state index in [1.165, 1.54) is 0 Å². The molecule has 0 unspecified atom stereocenters. The van der Waals surface area contributed by atoms with Crippen LogP contribution in [0.5, 0.6) is 0 Å². The fraction of sp³-hybridized carbons (Fsp3) is 0.188. The van der Waals surface area contributed by atoms with Gasteiger partial charge in [-0.3, -0.25) is 4.68 Å². The Balaban J connectivity index is 1.78. The second kappa shape index (κ2) is 6.31. The van der Waals surface area contributed by atoms with Crippen LogP contribution in [0.1, 0.15) is 27.0 Å². The maximum Gasteiger partial charge on any atom is 0.347 e. The molecule has 0 aliphatic heterocycles. The molecule has 7 heteroatoms. The Morgan fingerprint density at radius 1 is 1.30 bits per heavy atom. The molecule has 118 valence electrons. The molecule has 0 fully saturated rings. The van der Waals surface area contributed by atoms with Crippen LogP contribution in [0.3, 0.4) is 0 Å². The van der Waals surface area contributed by atoms with Gasteiger partial charge in [0.1, 0.15) is 15.6 Å². The topological polar surface area (TPSA) is 88.2 Å². The van der Waals surface area contributed by atoms with Crippen molar-refractivity contribution in [1.82, 2.24) is 14.8 Å². The lowest BCUT2D eigenvalue weighted by molar-refractivity contribution is 0.0701. The van der Waals surface area contributed by atoms with Crippen molar-refractivity contribution in [1.29, 1.82) is 0 Å². The summed E-state index contributed by atoms with van der Waals surface area (Å²) in [7, 11) is 0. The second-order valence-electron chi connectivity index (χ2n) is 5.09. The lowest BCUT2D eigenvalue weighted by atomic mass is 10.1. The largest absolute Gasteiger partial charge is 0.477 e. The summed E-state index contributed by atoms with van der Waals surface area (Å²) in [4.78, 5) is 15.6. The van der Waals surface area contributed by atoms with Crippen LogP contribution >= 0.6 is 11.3 Å². The number of carboxylic acids is 1. The van der Waals surface area contributed by atoms with Gasteiger partial charge >= 0.3 is 5.97 Å². The zero-order valence-electron chi connectivity index (χ0n) is 12.4. The lowest BCUT2D eigenvalue weighted by Crippen LogP contribution is -2.09. The van der Waals surface area contributed by atoms with Gasteiger partial charge in [-0.2, -0.15) is 5.10 Å². The lowest BCUT2D eigenvalue weighted by Gasteiger charge is -2.10. The van der Waals surface area contributed by atoms with Gasteiger partial charge < -0.3 is 10.2 Å². The standard InChI is InChI=1S/C16H15N3O3S/c1-10-14(16(21)22)23-15(17-10)12-7-8-19(18-12)9-13(20)11-5-3-2-4-6-11/h2-8,13,20H,9H2,1H3,(H,21,22)/t13-/m1/s1. The third-order valence-corrected chi connectivity index (χ3v) is 4.56. The Morgan fingerprint density at radius 3 is 2.70 bits per heavy atom. The number of nitrogens with zero attached hydrogens (tertiary/aromatic N) is 3. The maximum atomic E-state index is 11.1. The zero-order valence-corrected chi connectivity index (χ0v) is 13.2. The highest BCUT2D eigenvalue weighted by Gasteiger charge is 2.17. The van der Waals surface area contributed by atoms with Crippen molar-refractivity contribution in [2.24, 2.45) is 0 Å². The molecule has 0 amide bonds. The van der Waals surface area contributed by atoms with Crippen molar-refractivity contribution < 1.29 is 15.0 Å². The highest BCUT2D eigenvalue weighted by Crippen LogP contribution is 2.27. The van der Waals surface area contributed by atoms with Gasteiger partial charge in [-0.05, 0) is 18.6 Å². The number of aromatic carboxylic acids is 1. The van der Waals surface area contributed by atoms with Gasteiger partial charge in [0, 0.05) is 6.20 Å². The molecule has 1 aromatic carbocycles. The van der Waals surface area contributed by atoms with Gasteiger partial charge in [0.15, 0.2) is 0 Å². The summed E-state index contributed by atoms with van der Waals surface area (Å²) in [5.74, 6) is -0.981. The predicted molar refractivity (Wildman–Crippen MR) is 86.4 cm³/mol. The van der Waals surface area contributed by atoms with Gasteiger partial charge in [0.25, 0.3) is 0 Å². The Kier molecular flexibility index (Phi) is 4.22. The summed E-state index contributed by atoms with van der Waals surface area (Å²) in [5, 5.41) is 24.2. The zero-order chi connectivity index (χ0) is 16.4. The van der Waals surface area contributed by atoms with E-state index < -0.39 is 12.1 Å². The Morgan fingerprint density at radius 2 is 2.04 bits per heavy atom. The van der Waals surface area contributed by atoms with Crippen LogP contribution in [0.4, 0.5) is 0 Å². The van der Waals surface area contributed by atoms with E-state index in [1.54, 1.807) is 23.9 Å². The van der Waals surface area contributed by atoms with Crippen LogP contribution in [0, 0.1) is 6.92 Å². The normalized spacial score (nSPS) is 12.3. The number of hydrogen-bond donors (Lipinski definition) is 2. The number of aryl methyl sites for hydroxylation is 1. The number of benzene rings is 1. The van der Waals surface area contributed by atoms with Crippen molar-refractivity contribution in [3.8, 4) is 10.7 Å². The number of rotatable bonds is 5. The number of aromatic nitrogens is 3. The fourth-order valence-corrected chi connectivity index (χ4v) is 3.11. The van der Waals surface area contributed by atoms with E-state index in [0.29, 0.717) is 22.9 Å². The molecule has 3 aromatic rings. The third-order valence-electron chi connectivity index (χ3n) is 3.39. The summed E-state index contributed by atoms with van der Waals surface area (Å²) in [5.41, 5.74) is 1.91. The van der Waals surface area contributed by atoms with E-state index in [2.05, 4.69) is 10.1 Å². The molecular weight excluding hydrogens is 314 g/mol. The highest BCUT2D eigenvalue weighted by molar-refractivity contribution is 7.17. The summed E-state index contributed by atoms with van der Waals surface area (Å²) < 4.78 is 1.63. The van der Waals surface area contributed by atoms with Crippen LogP contribution < -0.4 is 0 Å². The van der Waals surface area contributed by atoms with Crippen LogP contribution in [0.15, 0.2) is 42.6 Å². The van der Waals surface area contributed by atoms with Gasteiger partial charge in [-0.1, -0.05) is 30.3 Å². The first kappa shape index (κ1) is 15.4. The van der Waals surface area contributed by atoms with E-state index >= 15 is 0 Å². The molecule has 0 saturated carbocycles. The molecule has 23 heavy (non-hydrogen) atoms. The molecule has 2 heterocycles. The molecule has 6 nitrogen and oxygen atoms in total. The van der Waals surface area contributed by atoms with Crippen molar-refractivity contribution >= 4 is 17.3 Å². The van der Waals surface area contributed by atoms with Gasteiger partial charge in [-0.15, -0.1) is 11.3 Å². The van der Waals surface area contributed by atoms with Gasteiger partial charge in [0.05, 0.1) is 18.3 Å². The molecule has 0 aliphatic carbocycles. The minimum atomic E-state index is -0.981. The van der Waals surface area contributed by atoms with Crippen LogP contribution in [0.2, 0.25) is 0 Å². The van der Waals surface area contributed by atoms with Crippen molar-refractivity contribution in [3.05, 3.63) is 58.7 Å². The number of aliphatic hydroxyl groups excluding tert-OH is 1. The smallest absolute Gasteiger partial charge is 0.347 e. The molecule has 3 rings (SSSR count). The van der Waals surface area contributed by atoms with Crippen LogP contribution in [0.25, 0.3) is 10.7 Å². The monoisotopic (exact) mass is 329 g/mol. The minimum absolute atomic E-state index is 0.221. The quantitative estimate of drug-likeness (QED) is 0.751. The average molecular weight is 329 g/mol. The molecule has 0 saturated heterocycles. The van der Waals surface area contributed by atoms with Gasteiger partial charge in [0.2, 0.25) is 0 Å². The Bertz CT molecular complexity index is 826. The van der Waals surface area contributed by atoms with Crippen LogP contribution in [-0.4, -0.2) is 30.9 Å². The SMILES string of the molecule is Cc1nc(-c2ccn(C[C@@H](O)c3ccccc3)n2)sc1C(=O)O. The molecule has 1 atom stereocenters. The average Bonchev–Trinajstić information content (AvgIpc) is 3.14. The van der Waals surface area contributed by atoms with E-state index in [4.69, 9.17) is 5.11 Å². The van der Waals surface area contributed by atoms with Gasteiger partial charge in [-0.25, -0.2) is 9.78 Å². The first-order valence-corrected chi connectivity index (χ1v) is 7.84. The Hall–Kier alpha value is -2.51. The molecule has 0 spiro atoms. The predicted octanol–water partition coefficient (Wildman–Crippen LogP) is 2.75. The van der Waals surface area contributed by atoms with Crippen molar-refractivity contribution in [2.75, 3.05) is 0 Å². The first-order valence-electron chi connectivity index (χ1n) is 7.02. The summed E-state index contributed by atoms with van der Waals surface area (Å²) in [6.45, 7) is 1.99. The van der Waals surface area contributed by atoms with E-state index in [-0.39, 0.29) is 4.88 Å². The molecule has 0 aliphatic rings. The number of hydrogen-bond acceptors (Lipinski definition) is 5. The number of thiazole rings is 1. The van der Waals surface area contributed by atoms with Crippen LogP contribution in [-0.2, 0) is 6.54 Å². The minimum Gasteiger partial charge on any atom is -0.477 e. The molecule has 0 bridgehead atoms. The molecular formula is C16H15N3O3S. The molecule has 2 aromatic heterocycles. The summed E-state index contributed by atoms with van der Waals surface area (Å²) >= 11 is 1.10. The third kappa shape index (κ3) is 3.30. The summed E-state index contributed by atoms with van der Waals surface area (Å²) in [6, 6.07) is 11.1. The first-order chi connectivity index (χ1) is 11.0. The number of carboxylic acid groups (broad SMARTS) is 1. The fourth-order valence-electron chi connectivity index (χ4n) is 2.24. The highest BCUT2D eigenvalue weighted by atomic mass is 32.1. The molecule has 0 radical (unpaired) electrons. The second-order valence-corrected chi connectivity index (χ2v) is 6.09. The van der Waals surface area contributed by atoms with E-state index in [0.717, 1.165) is 16.9 Å². The number of carbonyl (C=O) groups is 1. The summed E-state index contributed by atoms with van der Waals surface area (Å²) in [6.07, 6.45) is 1.09. The molecule has 2 N–H and O–H groups in total. The van der Waals surface area contributed by atoms with Crippen molar-refractivity contribution in [2.45, 2.75) is 19.6 Å². The number of aliphatic hydroxyl groups is 1. The van der Waals surface area contributed by atoms with E-state index in [1.807, 2.05) is 30.3 Å². The Labute approximate surface area is 136 Å².